The van der Waals surface area contributed by atoms with E-state index in [4.69, 9.17) is 5.73 Å². The van der Waals surface area contributed by atoms with Crippen LogP contribution in [0, 0.1) is 0 Å². The normalized spacial score (nSPS) is 11.7. The van der Waals surface area contributed by atoms with Gasteiger partial charge in [0.1, 0.15) is 11.6 Å². The lowest BCUT2D eigenvalue weighted by molar-refractivity contribution is 0.538. The molecule has 0 saturated heterocycles. The lowest BCUT2D eigenvalue weighted by Crippen LogP contribution is -2.19. The fraction of sp³-hybridized carbons (Fsp3) is 0.667. The summed E-state index contributed by atoms with van der Waals surface area (Å²) in [6.45, 7) is 8.17. The molecule has 0 spiro atoms. The van der Waals surface area contributed by atoms with Gasteiger partial charge in [0.05, 0.1) is 0 Å². The molecule has 0 atom stereocenters. The summed E-state index contributed by atoms with van der Waals surface area (Å²) in [5.74, 6) is 1.84. The van der Waals surface area contributed by atoms with Crippen LogP contribution in [0.2, 0.25) is 0 Å². The molecule has 72 valence electrons. The van der Waals surface area contributed by atoms with Crippen LogP contribution in [0.15, 0.2) is 0 Å². The van der Waals surface area contributed by atoms with Crippen molar-refractivity contribution in [1.29, 1.82) is 0 Å². The lowest BCUT2D eigenvalue weighted by Gasteiger charge is -2.16. The third-order valence-corrected chi connectivity index (χ3v) is 1.69. The highest BCUT2D eigenvalue weighted by Gasteiger charge is 2.18. The number of rotatable bonds is 1. The molecule has 1 heterocycles. The van der Waals surface area contributed by atoms with Crippen molar-refractivity contribution >= 4 is 5.95 Å². The van der Waals surface area contributed by atoms with Gasteiger partial charge >= 0.3 is 0 Å². The van der Waals surface area contributed by atoms with Crippen LogP contribution in [0.3, 0.4) is 0 Å². The van der Waals surface area contributed by atoms with Crippen LogP contribution in [0.5, 0.6) is 0 Å². The maximum atomic E-state index is 5.57. The van der Waals surface area contributed by atoms with E-state index in [1.807, 2.05) is 6.92 Å². The smallest absolute Gasteiger partial charge is 0.223 e. The van der Waals surface area contributed by atoms with Gasteiger partial charge in [0, 0.05) is 11.8 Å². The van der Waals surface area contributed by atoms with Crippen LogP contribution >= 0.6 is 0 Å². The molecule has 0 aliphatic carbocycles. The number of aromatic nitrogens is 3. The molecule has 0 fully saturated rings. The molecule has 0 saturated carbocycles. The Hall–Kier alpha value is -1.19. The summed E-state index contributed by atoms with van der Waals surface area (Å²) >= 11 is 0. The van der Waals surface area contributed by atoms with Crippen molar-refractivity contribution in [2.24, 2.45) is 0 Å². The van der Waals surface area contributed by atoms with E-state index >= 15 is 0 Å². The fourth-order valence-corrected chi connectivity index (χ4v) is 0.931. The van der Waals surface area contributed by atoms with Gasteiger partial charge in [-0.05, 0) is 0 Å². The quantitative estimate of drug-likeness (QED) is 0.707. The predicted molar refractivity (Wildman–Crippen MR) is 52.3 cm³/mol. The molecule has 0 unspecified atom stereocenters. The van der Waals surface area contributed by atoms with Crippen LogP contribution in [0.4, 0.5) is 5.95 Å². The number of nitrogens with two attached hydrogens (primary N) is 1. The molecule has 0 bridgehead atoms. The summed E-state index contributed by atoms with van der Waals surface area (Å²) < 4.78 is 0. The third kappa shape index (κ3) is 2.37. The number of aryl methyl sites for hydroxylation is 1. The number of nitrogens with zero attached hydrogens (tertiary/aromatic N) is 3. The van der Waals surface area contributed by atoms with E-state index in [0.29, 0.717) is 5.95 Å². The molecule has 0 aliphatic rings. The second-order valence-corrected chi connectivity index (χ2v) is 4.04. The first-order valence-electron chi connectivity index (χ1n) is 4.44. The molecule has 1 aromatic rings. The summed E-state index contributed by atoms with van der Waals surface area (Å²) in [7, 11) is 0. The topological polar surface area (TPSA) is 64.7 Å². The molecule has 1 rings (SSSR count). The van der Waals surface area contributed by atoms with Gasteiger partial charge in [-0.15, -0.1) is 0 Å². The van der Waals surface area contributed by atoms with Crippen molar-refractivity contribution in [3.8, 4) is 0 Å². The van der Waals surface area contributed by atoms with Crippen molar-refractivity contribution in [2.45, 2.75) is 39.5 Å². The number of hydrogen-bond acceptors (Lipinski definition) is 4. The van der Waals surface area contributed by atoms with Crippen molar-refractivity contribution in [3.05, 3.63) is 11.6 Å². The van der Waals surface area contributed by atoms with Crippen molar-refractivity contribution in [1.82, 2.24) is 15.0 Å². The second kappa shape index (κ2) is 3.28. The molecule has 1 aromatic heterocycles. The Kier molecular flexibility index (Phi) is 2.50. The molecule has 4 heteroatoms. The highest BCUT2D eigenvalue weighted by Crippen LogP contribution is 2.18. The van der Waals surface area contributed by atoms with Crippen molar-refractivity contribution < 1.29 is 0 Å². The van der Waals surface area contributed by atoms with E-state index < -0.39 is 0 Å². The van der Waals surface area contributed by atoms with Crippen molar-refractivity contribution in [3.63, 3.8) is 0 Å². The minimum atomic E-state index is -0.0685. The van der Waals surface area contributed by atoms with Gasteiger partial charge in [0.15, 0.2) is 0 Å². The molecular formula is C9H16N4. The first-order valence-corrected chi connectivity index (χ1v) is 4.44. The molecule has 13 heavy (non-hydrogen) atoms. The zero-order valence-electron chi connectivity index (χ0n) is 8.63. The molecule has 2 N–H and O–H groups in total. The number of anilines is 1. The average molecular weight is 180 g/mol. The van der Waals surface area contributed by atoms with E-state index in [1.165, 1.54) is 0 Å². The Balaban J connectivity index is 3.16. The SMILES string of the molecule is CCc1nc(N)nc(C(C)(C)C)n1. The minimum Gasteiger partial charge on any atom is -0.368 e. The predicted octanol–water partition coefficient (Wildman–Crippen LogP) is 1.31. The first kappa shape index (κ1) is 9.89. The van der Waals surface area contributed by atoms with Gasteiger partial charge in [-0.25, -0.2) is 4.98 Å². The third-order valence-electron chi connectivity index (χ3n) is 1.69. The van der Waals surface area contributed by atoms with E-state index in [1.54, 1.807) is 0 Å². The Morgan fingerprint density at radius 3 is 2.23 bits per heavy atom. The summed E-state index contributed by atoms with van der Waals surface area (Å²) in [5, 5.41) is 0. The molecule has 0 aromatic carbocycles. The molecule has 4 nitrogen and oxygen atoms in total. The lowest BCUT2D eigenvalue weighted by atomic mass is 9.96. The van der Waals surface area contributed by atoms with Gasteiger partial charge in [-0.2, -0.15) is 9.97 Å². The van der Waals surface area contributed by atoms with E-state index in [0.717, 1.165) is 18.1 Å². The first-order chi connectivity index (χ1) is 5.93. The summed E-state index contributed by atoms with van der Waals surface area (Å²) in [6.07, 6.45) is 0.788. The molecule has 0 amide bonds. The maximum Gasteiger partial charge on any atom is 0.223 e. The summed E-state index contributed by atoms with van der Waals surface area (Å²) in [5.41, 5.74) is 5.50. The van der Waals surface area contributed by atoms with Gasteiger partial charge in [0.2, 0.25) is 5.95 Å². The zero-order chi connectivity index (χ0) is 10.1. The van der Waals surface area contributed by atoms with Crippen molar-refractivity contribution in [2.75, 3.05) is 5.73 Å². The van der Waals surface area contributed by atoms with Crippen LogP contribution in [0.1, 0.15) is 39.3 Å². The molecular weight excluding hydrogens is 164 g/mol. The van der Waals surface area contributed by atoms with Crippen LogP contribution in [-0.2, 0) is 11.8 Å². The monoisotopic (exact) mass is 180 g/mol. The second-order valence-electron chi connectivity index (χ2n) is 4.04. The van der Waals surface area contributed by atoms with E-state index in [2.05, 4.69) is 35.7 Å². The van der Waals surface area contributed by atoms with Crippen LogP contribution in [-0.4, -0.2) is 15.0 Å². The van der Waals surface area contributed by atoms with E-state index in [9.17, 15) is 0 Å². The van der Waals surface area contributed by atoms with Gasteiger partial charge in [0.25, 0.3) is 0 Å². The van der Waals surface area contributed by atoms with Gasteiger partial charge in [-0.1, -0.05) is 27.7 Å². The largest absolute Gasteiger partial charge is 0.368 e. The highest BCUT2D eigenvalue weighted by molar-refractivity contribution is 5.18. The van der Waals surface area contributed by atoms with Crippen LogP contribution < -0.4 is 5.73 Å². The summed E-state index contributed by atoms with van der Waals surface area (Å²) in [6, 6.07) is 0. The minimum absolute atomic E-state index is 0.0685. The Morgan fingerprint density at radius 2 is 1.77 bits per heavy atom. The van der Waals surface area contributed by atoms with E-state index in [-0.39, 0.29) is 5.41 Å². The molecule has 0 aliphatic heterocycles. The Bertz CT molecular complexity index is 301. The number of nitrogen functional groups attached to an aromatic ring is 1. The summed E-state index contributed by atoms with van der Waals surface area (Å²) in [4.78, 5) is 12.5. The number of hydrogen-bond donors (Lipinski definition) is 1. The Morgan fingerprint density at radius 1 is 1.15 bits per heavy atom. The van der Waals surface area contributed by atoms with Gasteiger partial charge in [-0.3, -0.25) is 0 Å². The Labute approximate surface area is 78.6 Å². The molecule has 0 radical (unpaired) electrons. The standard InChI is InChI=1S/C9H16N4/c1-5-6-11-7(9(2,3)4)13-8(10)12-6/h5H2,1-4H3,(H2,10,11,12,13). The zero-order valence-corrected chi connectivity index (χ0v) is 8.63. The fourth-order valence-electron chi connectivity index (χ4n) is 0.931. The maximum absolute atomic E-state index is 5.57. The highest BCUT2D eigenvalue weighted by atomic mass is 15.1. The average Bonchev–Trinajstić information content (AvgIpc) is 2.01. The van der Waals surface area contributed by atoms with Gasteiger partial charge < -0.3 is 5.73 Å². The van der Waals surface area contributed by atoms with Crippen LogP contribution in [0.25, 0.3) is 0 Å².